The van der Waals surface area contributed by atoms with Gasteiger partial charge in [-0.15, -0.1) is 11.3 Å². The Morgan fingerprint density at radius 3 is 1.54 bits per heavy atom. The zero-order chi connectivity index (χ0) is 37.5. The number of rotatable bonds is 5. The highest BCUT2D eigenvalue weighted by molar-refractivity contribution is 7.26. The molecule has 3 aromatic heterocycles. The van der Waals surface area contributed by atoms with Crippen LogP contribution in [0.4, 0.5) is 0 Å². The highest BCUT2D eigenvalue weighted by atomic mass is 32.1. The van der Waals surface area contributed by atoms with Gasteiger partial charge in [-0.3, -0.25) is 0 Å². The van der Waals surface area contributed by atoms with E-state index in [9.17, 15) is 0 Å². The van der Waals surface area contributed by atoms with Crippen LogP contribution in [0, 0.1) is 0 Å². The van der Waals surface area contributed by atoms with Crippen molar-refractivity contribution in [1.82, 2.24) is 9.13 Å². The minimum atomic E-state index is 1.18. The lowest BCUT2D eigenvalue weighted by Crippen LogP contribution is -1.97. The summed E-state index contributed by atoms with van der Waals surface area (Å²) < 4.78 is 7.49. The van der Waals surface area contributed by atoms with Crippen LogP contribution in [0.2, 0.25) is 0 Å². The van der Waals surface area contributed by atoms with Gasteiger partial charge in [0.15, 0.2) is 0 Å². The van der Waals surface area contributed by atoms with Gasteiger partial charge >= 0.3 is 0 Å². The normalized spacial score (nSPS) is 11.9. The third kappa shape index (κ3) is 4.96. The molecule has 0 aliphatic heterocycles. The standard InChI is InChI=1S/C54H34N2S/c1-3-14-35(15-4-1)40-18-7-10-22-47(40)56-49-24-12-9-20-43(49)46-33-38(27-31-51(46)56)37-26-30-50-45(32-37)42-19-8-11-23-48(42)55(50)39-28-29-44-53(34-39)57-52-25-13-21-41(54(44)52)36-16-5-2-6-17-36/h1-34H. The predicted octanol–water partition coefficient (Wildman–Crippen LogP) is 15.2. The van der Waals surface area contributed by atoms with E-state index in [-0.39, 0.29) is 0 Å². The maximum atomic E-state index is 2.44. The highest BCUT2D eigenvalue weighted by Gasteiger charge is 2.19. The minimum absolute atomic E-state index is 1.18. The van der Waals surface area contributed by atoms with Crippen molar-refractivity contribution in [2.45, 2.75) is 0 Å². The average Bonchev–Trinajstić information content (AvgIpc) is 3.94. The van der Waals surface area contributed by atoms with Crippen LogP contribution in [-0.4, -0.2) is 9.13 Å². The van der Waals surface area contributed by atoms with Crippen molar-refractivity contribution < 1.29 is 0 Å². The van der Waals surface area contributed by atoms with Gasteiger partial charge in [0.2, 0.25) is 0 Å². The van der Waals surface area contributed by atoms with Crippen LogP contribution < -0.4 is 0 Å². The lowest BCUT2D eigenvalue weighted by Gasteiger charge is -2.14. The number of benzene rings is 9. The van der Waals surface area contributed by atoms with E-state index in [1.54, 1.807) is 0 Å². The molecule has 0 spiro atoms. The number of para-hydroxylation sites is 3. The maximum absolute atomic E-state index is 2.44. The quantitative estimate of drug-likeness (QED) is 0.166. The number of thiophene rings is 1. The summed E-state index contributed by atoms with van der Waals surface area (Å²) >= 11 is 1.88. The van der Waals surface area contributed by atoms with Crippen LogP contribution in [0.5, 0.6) is 0 Å². The lowest BCUT2D eigenvalue weighted by atomic mass is 9.99. The van der Waals surface area contributed by atoms with Gasteiger partial charge < -0.3 is 9.13 Å². The molecule has 57 heavy (non-hydrogen) atoms. The molecule has 9 aromatic carbocycles. The molecule has 0 unspecified atom stereocenters. The SMILES string of the molecule is c1ccc(-c2ccccc2-n2c3ccccc3c3cc(-c4ccc5c(c4)c4ccccc4n5-c4ccc5c(c4)sc4cccc(-c6ccccc6)c45)ccc32)cc1. The fourth-order valence-corrected chi connectivity index (χ4v) is 10.4. The molecular weight excluding hydrogens is 709 g/mol. The van der Waals surface area contributed by atoms with Gasteiger partial charge in [-0.2, -0.15) is 0 Å². The Kier molecular flexibility index (Phi) is 7.13. The molecule has 0 aliphatic carbocycles. The van der Waals surface area contributed by atoms with Crippen molar-refractivity contribution in [2.24, 2.45) is 0 Å². The van der Waals surface area contributed by atoms with Gasteiger partial charge in [-0.1, -0.05) is 146 Å². The first-order chi connectivity index (χ1) is 28.3. The van der Waals surface area contributed by atoms with Gasteiger partial charge in [0.05, 0.1) is 27.8 Å². The first-order valence-corrected chi connectivity index (χ1v) is 20.3. The van der Waals surface area contributed by atoms with E-state index in [1.807, 2.05) is 11.3 Å². The lowest BCUT2D eigenvalue weighted by molar-refractivity contribution is 1.18. The third-order valence-corrected chi connectivity index (χ3v) is 12.8. The summed E-state index contributed by atoms with van der Waals surface area (Å²) in [6, 6.07) is 75.6. The molecule has 0 aliphatic rings. The summed E-state index contributed by atoms with van der Waals surface area (Å²) in [5.41, 5.74) is 14.6. The van der Waals surface area contributed by atoms with Crippen LogP contribution in [-0.2, 0) is 0 Å². The predicted molar refractivity (Wildman–Crippen MR) is 244 cm³/mol. The van der Waals surface area contributed by atoms with Crippen molar-refractivity contribution in [3.8, 4) is 44.8 Å². The van der Waals surface area contributed by atoms with Crippen molar-refractivity contribution in [3.05, 3.63) is 206 Å². The molecule has 0 N–H and O–H groups in total. The Labute approximate surface area is 333 Å². The van der Waals surface area contributed by atoms with Gasteiger partial charge in [0, 0.05) is 53.0 Å². The minimum Gasteiger partial charge on any atom is -0.309 e. The van der Waals surface area contributed by atoms with Crippen LogP contribution >= 0.6 is 11.3 Å². The van der Waals surface area contributed by atoms with Crippen molar-refractivity contribution in [1.29, 1.82) is 0 Å². The molecule has 12 rings (SSSR count). The Morgan fingerprint density at radius 2 is 0.842 bits per heavy atom. The molecule has 0 saturated carbocycles. The van der Waals surface area contributed by atoms with Crippen molar-refractivity contribution >= 4 is 75.1 Å². The number of aromatic nitrogens is 2. The second-order valence-electron chi connectivity index (χ2n) is 14.9. The molecule has 0 saturated heterocycles. The largest absolute Gasteiger partial charge is 0.309 e. The first-order valence-electron chi connectivity index (χ1n) is 19.5. The van der Waals surface area contributed by atoms with Gasteiger partial charge in [-0.25, -0.2) is 0 Å². The average molecular weight is 743 g/mol. The number of hydrogen-bond acceptors (Lipinski definition) is 1. The number of nitrogens with zero attached hydrogens (tertiary/aromatic N) is 2. The molecule has 0 atom stereocenters. The third-order valence-electron chi connectivity index (χ3n) is 11.7. The molecule has 0 amide bonds. The summed E-state index contributed by atoms with van der Waals surface area (Å²) in [7, 11) is 0. The molecule has 12 aromatic rings. The summed E-state index contributed by atoms with van der Waals surface area (Å²) in [6.07, 6.45) is 0. The Bertz CT molecular complexity index is 3510. The fourth-order valence-electron chi connectivity index (χ4n) is 9.18. The van der Waals surface area contributed by atoms with E-state index in [0.717, 1.165) is 0 Å². The van der Waals surface area contributed by atoms with Crippen LogP contribution in [0.1, 0.15) is 0 Å². The molecule has 0 bridgehead atoms. The summed E-state index contributed by atoms with van der Waals surface area (Å²) in [5.74, 6) is 0. The Morgan fingerprint density at radius 1 is 0.298 bits per heavy atom. The fraction of sp³-hybridized carbons (Fsp3) is 0. The highest BCUT2D eigenvalue weighted by Crippen LogP contribution is 2.43. The zero-order valence-electron chi connectivity index (χ0n) is 30.9. The second-order valence-corrected chi connectivity index (χ2v) is 16.0. The summed E-state index contributed by atoms with van der Waals surface area (Å²) in [5, 5.41) is 7.66. The molecule has 3 heteroatoms. The topological polar surface area (TPSA) is 9.86 Å². The van der Waals surface area contributed by atoms with E-state index in [0.29, 0.717) is 0 Å². The number of hydrogen-bond donors (Lipinski definition) is 0. The van der Waals surface area contributed by atoms with E-state index < -0.39 is 0 Å². The number of fused-ring (bicyclic) bond motifs is 9. The molecule has 2 nitrogen and oxygen atoms in total. The maximum Gasteiger partial charge on any atom is 0.0541 e. The monoisotopic (exact) mass is 742 g/mol. The van der Waals surface area contributed by atoms with Gasteiger partial charge in [-0.05, 0) is 88.5 Å². The Balaban J connectivity index is 1.01. The van der Waals surface area contributed by atoms with E-state index in [1.165, 1.54) is 109 Å². The van der Waals surface area contributed by atoms with Gasteiger partial charge in [0.1, 0.15) is 0 Å². The van der Waals surface area contributed by atoms with Crippen LogP contribution in [0.15, 0.2) is 206 Å². The summed E-state index contributed by atoms with van der Waals surface area (Å²) in [4.78, 5) is 0. The molecule has 0 fully saturated rings. The van der Waals surface area contributed by atoms with Crippen molar-refractivity contribution in [3.63, 3.8) is 0 Å². The molecule has 0 radical (unpaired) electrons. The molecule has 3 heterocycles. The van der Waals surface area contributed by atoms with Crippen molar-refractivity contribution in [2.75, 3.05) is 0 Å². The molecular formula is C54H34N2S. The summed E-state index contributed by atoms with van der Waals surface area (Å²) in [6.45, 7) is 0. The van der Waals surface area contributed by atoms with Crippen LogP contribution in [0.25, 0.3) is 109 Å². The first kappa shape index (κ1) is 32.1. The van der Waals surface area contributed by atoms with Gasteiger partial charge in [0.25, 0.3) is 0 Å². The Hall–Kier alpha value is -7.20. The van der Waals surface area contributed by atoms with E-state index >= 15 is 0 Å². The second kappa shape index (κ2) is 12.7. The van der Waals surface area contributed by atoms with E-state index in [4.69, 9.17) is 0 Å². The molecule has 266 valence electrons. The zero-order valence-corrected chi connectivity index (χ0v) is 31.7. The van der Waals surface area contributed by atoms with Crippen LogP contribution in [0.3, 0.4) is 0 Å². The van der Waals surface area contributed by atoms with E-state index in [2.05, 4.69) is 215 Å². The smallest absolute Gasteiger partial charge is 0.0541 e.